The highest BCUT2D eigenvalue weighted by molar-refractivity contribution is 6.08. The molecule has 0 amide bonds. The van der Waals surface area contributed by atoms with E-state index in [4.69, 9.17) is 0 Å². The van der Waals surface area contributed by atoms with Gasteiger partial charge in [-0.1, -0.05) is 30.3 Å². The van der Waals surface area contributed by atoms with Gasteiger partial charge in [0.25, 0.3) is 0 Å². The second-order valence-corrected chi connectivity index (χ2v) is 3.30. The average molecular weight is 192 g/mol. The lowest BCUT2D eigenvalue weighted by molar-refractivity contribution is -0.668. The van der Waals surface area contributed by atoms with Gasteiger partial charge in [-0.15, -0.1) is 0 Å². The van der Waals surface area contributed by atoms with E-state index in [9.17, 15) is 0 Å². The molecule has 0 spiro atoms. The highest BCUT2D eigenvalue weighted by Gasteiger charge is 1.92. The van der Waals surface area contributed by atoms with Crippen LogP contribution in [-0.4, -0.2) is 29.5 Å². The molecule has 0 fully saturated rings. The van der Waals surface area contributed by atoms with Crippen molar-refractivity contribution in [3.05, 3.63) is 35.9 Å². The molecule has 3 heteroatoms. The van der Waals surface area contributed by atoms with Crippen LogP contribution in [0.2, 0.25) is 0 Å². The first-order valence-corrected chi connectivity index (χ1v) is 5.35. The lowest BCUT2D eigenvalue weighted by Gasteiger charge is -2.01. The lowest BCUT2D eigenvalue weighted by Crippen LogP contribution is -2.84. The maximum absolute atomic E-state index is 3.37. The summed E-state index contributed by atoms with van der Waals surface area (Å²) in [5, 5.41) is 5.53. The normalized spacial score (nSPS) is 10.2. The molecule has 0 saturated heterocycles. The van der Waals surface area contributed by atoms with E-state index in [1.807, 2.05) is 0 Å². The SMILES string of the molecule is [Si]CNCC[NH2+]Cc1ccccc1. The minimum atomic E-state index is 0.874. The molecule has 3 N–H and O–H groups in total. The lowest BCUT2D eigenvalue weighted by atomic mass is 10.2. The second-order valence-electron chi connectivity index (χ2n) is 2.94. The van der Waals surface area contributed by atoms with Crippen LogP contribution in [0.15, 0.2) is 30.3 Å². The van der Waals surface area contributed by atoms with Gasteiger partial charge in [-0.2, -0.15) is 0 Å². The Hall–Kier alpha value is -0.643. The second kappa shape index (κ2) is 6.83. The number of rotatable bonds is 6. The Morgan fingerprint density at radius 2 is 2.00 bits per heavy atom. The van der Waals surface area contributed by atoms with E-state index in [1.54, 1.807) is 0 Å². The van der Waals surface area contributed by atoms with Crippen molar-refractivity contribution in [2.75, 3.05) is 19.3 Å². The maximum atomic E-state index is 3.37. The molecule has 1 rings (SSSR count). The molecule has 0 aliphatic rings. The van der Waals surface area contributed by atoms with Crippen LogP contribution in [0.3, 0.4) is 0 Å². The van der Waals surface area contributed by atoms with Gasteiger partial charge in [0.15, 0.2) is 0 Å². The molecule has 0 saturated carbocycles. The molecular weight excluding hydrogens is 176 g/mol. The Labute approximate surface area is 83.2 Å². The predicted octanol–water partition coefficient (Wildman–Crippen LogP) is -0.534. The summed E-state index contributed by atoms with van der Waals surface area (Å²) >= 11 is 0. The average Bonchev–Trinajstić information content (AvgIpc) is 2.19. The summed E-state index contributed by atoms with van der Waals surface area (Å²) in [7, 11) is 3.37. The van der Waals surface area contributed by atoms with Gasteiger partial charge in [-0.05, 0) is 6.17 Å². The van der Waals surface area contributed by atoms with Crippen molar-refractivity contribution in [2.24, 2.45) is 0 Å². The highest BCUT2D eigenvalue weighted by Crippen LogP contribution is 1.93. The van der Waals surface area contributed by atoms with Gasteiger partial charge in [-0.3, -0.25) is 0 Å². The van der Waals surface area contributed by atoms with Crippen molar-refractivity contribution in [1.82, 2.24) is 5.32 Å². The molecule has 1 aromatic rings. The third-order valence-corrected chi connectivity index (χ3v) is 2.12. The molecule has 0 heterocycles. The quantitative estimate of drug-likeness (QED) is 0.460. The van der Waals surface area contributed by atoms with Crippen molar-refractivity contribution < 1.29 is 5.32 Å². The fraction of sp³-hybridized carbons (Fsp3) is 0.400. The highest BCUT2D eigenvalue weighted by atomic mass is 28.1. The maximum Gasteiger partial charge on any atom is 0.101 e. The Bertz CT molecular complexity index is 213. The molecule has 0 atom stereocenters. The summed E-state index contributed by atoms with van der Waals surface area (Å²) in [6.45, 7) is 3.25. The Balaban J connectivity index is 2.07. The summed E-state index contributed by atoms with van der Waals surface area (Å²) in [4.78, 5) is 0. The summed E-state index contributed by atoms with van der Waals surface area (Å²) in [5.41, 5.74) is 1.39. The molecule has 0 aliphatic heterocycles. The van der Waals surface area contributed by atoms with E-state index < -0.39 is 0 Å². The molecule has 1 aromatic carbocycles. The molecular formula is C10H16N2Si+. The van der Waals surface area contributed by atoms with Crippen LogP contribution in [-0.2, 0) is 6.54 Å². The van der Waals surface area contributed by atoms with E-state index in [0.717, 1.165) is 25.8 Å². The molecule has 0 unspecified atom stereocenters. The number of nitrogens with one attached hydrogen (secondary N) is 1. The van der Waals surface area contributed by atoms with Crippen molar-refractivity contribution in [2.45, 2.75) is 6.54 Å². The van der Waals surface area contributed by atoms with Crippen molar-refractivity contribution in [1.29, 1.82) is 0 Å². The van der Waals surface area contributed by atoms with Gasteiger partial charge in [0.05, 0.1) is 6.54 Å². The third-order valence-electron chi connectivity index (χ3n) is 1.87. The first-order chi connectivity index (χ1) is 6.43. The minimum Gasteiger partial charge on any atom is -0.341 e. The molecule has 2 nitrogen and oxygen atoms in total. The van der Waals surface area contributed by atoms with Crippen LogP contribution >= 0.6 is 0 Å². The van der Waals surface area contributed by atoms with Crippen molar-refractivity contribution in [3.63, 3.8) is 0 Å². The van der Waals surface area contributed by atoms with Gasteiger partial charge in [0.1, 0.15) is 6.54 Å². The largest absolute Gasteiger partial charge is 0.341 e. The summed E-state index contributed by atoms with van der Waals surface area (Å²) < 4.78 is 0. The number of nitrogens with two attached hydrogens (primary N) is 1. The van der Waals surface area contributed by atoms with E-state index >= 15 is 0 Å². The number of hydrogen-bond acceptors (Lipinski definition) is 1. The summed E-state index contributed by atoms with van der Waals surface area (Å²) in [6.07, 6.45) is 0.874. The van der Waals surface area contributed by atoms with Crippen molar-refractivity contribution >= 4 is 10.2 Å². The van der Waals surface area contributed by atoms with Crippen molar-refractivity contribution in [3.8, 4) is 0 Å². The third kappa shape index (κ3) is 4.82. The van der Waals surface area contributed by atoms with Crippen LogP contribution in [0, 0.1) is 0 Å². The summed E-state index contributed by atoms with van der Waals surface area (Å²) in [6, 6.07) is 10.5. The molecule has 69 valence electrons. The zero-order valence-corrected chi connectivity index (χ0v) is 8.79. The topological polar surface area (TPSA) is 28.6 Å². The standard InChI is InChI=1S/C10H15N2Si/c13-9-12-7-6-11-8-10-4-2-1-3-5-10/h1-5,11-12H,6-9H2/p+1. The fourth-order valence-electron chi connectivity index (χ4n) is 1.18. The number of hydrogen-bond donors (Lipinski definition) is 2. The zero-order valence-electron chi connectivity index (χ0n) is 7.79. The molecule has 13 heavy (non-hydrogen) atoms. The van der Waals surface area contributed by atoms with E-state index in [2.05, 4.69) is 51.2 Å². The van der Waals surface area contributed by atoms with Crippen LogP contribution in [0.25, 0.3) is 0 Å². The summed E-state index contributed by atoms with van der Waals surface area (Å²) in [5.74, 6) is 0. The Kier molecular flexibility index (Phi) is 5.48. The Morgan fingerprint density at radius 1 is 1.23 bits per heavy atom. The number of quaternary nitrogens is 1. The smallest absolute Gasteiger partial charge is 0.101 e. The van der Waals surface area contributed by atoms with Gasteiger partial charge in [0.2, 0.25) is 0 Å². The van der Waals surface area contributed by atoms with Crippen LogP contribution in [0.4, 0.5) is 0 Å². The van der Waals surface area contributed by atoms with Gasteiger partial charge >= 0.3 is 0 Å². The van der Waals surface area contributed by atoms with E-state index in [0.29, 0.717) is 0 Å². The number of benzene rings is 1. The Morgan fingerprint density at radius 3 is 2.69 bits per heavy atom. The van der Waals surface area contributed by atoms with E-state index in [1.165, 1.54) is 5.56 Å². The van der Waals surface area contributed by atoms with Crippen LogP contribution in [0.5, 0.6) is 0 Å². The molecule has 0 bridgehead atoms. The molecule has 0 aliphatic carbocycles. The van der Waals surface area contributed by atoms with Crippen LogP contribution < -0.4 is 10.6 Å². The monoisotopic (exact) mass is 192 g/mol. The first-order valence-electron chi connectivity index (χ1n) is 4.64. The van der Waals surface area contributed by atoms with Gasteiger partial charge < -0.3 is 10.6 Å². The molecule has 3 radical (unpaired) electrons. The van der Waals surface area contributed by atoms with Gasteiger partial charge in [-0.25, -0.2) is 0 Å². The fourth-order valence-corrected chi connectivity index (χ4v) is 1.35. The predicted molar refractivity (Wildman–Crippen MR) is 55.6 cm³/mol. The first kappa shape index (κ1) is 10.4. The van der Waals surface area contributed by atoms with E-state index in [-0.39, 0.29) is 0 Å². The zero-order chi connectivity index (χ0) is 9.36. The van der Waals surface area contributed by atoms with Crippen LogP contribution in [0.1, 0.15) is 5.56 Å². The minimum absolute atomic E-state index is 0.874. The molecule has 0 aromatic heterocycles. The van der Waals surface area contributed by atoms with Gasteiger partial charge in [0, 0.05) is 22.4 Å².